The number of rotatable bonds is 3. The molecule has 2 unspecified atom stereocenters. The predicted molar refractivity (Wildman–Crippen MR) is 73.1 cm³/mol. The third-order valence-corrected chi connectivity index (χ3v) is 4.49. The lowest BCUT2D eigenvalue weighted by atomic mass is 10.0. The second-order valence-corrected chi connectivity index (χ2v) is 5.62. The van der Waals surface area contributed by atoms with E-state index in [1.807, 2.05) is 0 Å². The van der Waals surface area contributed by atoms with Crippen LogP contribution < -0.4 is 4.90 Å². The zero-order valence-corrected chi connectivity index (χ0v) is 11.0. The molecule has 1 heterocycles. The topological polar surface area (TPSA) is 83.7 Å². The van der Waals surface area contributed by atoms with Gasteiger partial charge in [0.2, 0.25) is 0 Å². The summed E-state index contributed by atoms with van der Waals surface area (Å²) in [5, 5.41) is 20.1. The van der Waals surface area contributed by atoms with Crippen LogP contribution in [0.1, 0.15) is 29.6 Å². The molecule has 1 aliphatic heterocycles. The van der Waals surface area contributed by atoms with Gasteiger partial charge in [0.05, 0.1) is 16.2 Å². The minimum absolute atomic E-state index is 0.0270. The van der Waals surface area contributed by atoms with Crippen molar-refractivity contribution in [1.29, 1.82) is 0 Å². The zero-order valence-electron chi connectivity index (χ0n) is 11.0. The first-order chi connectivity index (χ1) is 9.56. The van der Waals surface area contributed by atoms with E-state index in [1.54, 1.807) is 6.07 Å². The van der Waals surface area contributed by atoms with E-state index in [0.29, 0.717) is 17.5 Å². The second-order valence-electron chi connectivity index (χ2n) is 5.62. The van der Waals surface area contributed by atoms with Crippen LogP contribution in [0.2, 0.25) is 0 Å². The van der Waals surface area contributed by atoms with Crippen LogP contribution in [0, 0.1) is 22.0 Å². The highest BCUT2D eigenvalue weighted by molar-refractivity contribution is 5.95. The van der Waals surface area contributed by atoms with Gasteiger partial charge in [-0.3, -0.25) is 10.1 Å². The summed E-state index contributed by atoms with van der Waals surface area (Å²) in [6.07, 6.45) is 3.67. The summed E-state index contributed by atoms with van der Waals surface area (Å²) < 4.78 is 0. The monoisotopic (exact) mass is 276 g/mol. The Morgan fingerprint density at radius 1 is 1.30 bits per heavy atom. The van der Waals surface area contributed by atoms with Crippen molar-refractivity contribution in [2.75, 3.05) is 18.0 Å². The number of nitrogens with zero attached hydrogens (tertiary/aromatic N) is 2. The standard InChI is InChI=1S/C14H16N2O4/c17-14(18)12-6-11(16(19)20)4-5-13(12)15-7-9-2-1-3-10(9)8-15/h4-6,9-10H,1-3,7-8H2,(H,17,18). The molecule has 1 aliphatic carbocycles. The van der Waals surface area contributed by atoms with Gasteiger partial charge in [0, 0.05) is 25.2 Å². The van der Waals surface area contributed by atoms with Crippen LogP contribution in [0.15, 0.2) is 18.2 Å². The molecule has 0 bridgehead atoms. The van der Waals surface area contributed by atoms with Gasteiger partial charge >= 0.3 is 5.97 Å². The first kappa shape index (κ1) is 12.9. The van der Waals surface area contributed by atoms with Gasteiger partial charge in [0.25, 0.3) is 5.69 Å². The van der Waals surface area contributed by atoms with E-state index in [9.17, 15) is 20.0 Å². The number of nitro groups is 1. The van der Waals surface area contributed by atoms with Crippen LogP contribution in [0.4, 0.5) is 11.4 Å². The van der Waals surface area contributed by atoms with E-state index < -0.39 is 10.9 Å². The first-order valence-corrected chi connectivity index (χ1v) is 6.83. The van der Waals surface area contributed by atoms with Gasteiger partial charge in [-0.05, 0) is 30.7 Å². The molecule has 1 aromatic carbocycles. The van der Waals surface area contributed by atoms with Gasteiger partial charge in [-0.15, -0.1) is 0 Å². The fourth-order valence-electron chi connectivity index (χ4n) is 3.52. The van der Waals surface area contributed by atoms with Crippen LogP contribution in [0.25, 0.3) is 0 Å². The van der Waals surface area contributed by atoms with E-state index in [0.717, 1.165) is 19.2 Å². The summed E-state index contributed by atoms with van der Waals surface area (Å²) in [6.45, 7) is 1.73. The van der Waals surface area contributed by atoms with Gasteiger partial charge < -0.3 is 10.0 Å². The maximum absolute atomic E-state index is 11.4. The molecule has 2 fully saturated rings. The van der Waals surface area contributed by atoms with Crippen molar-refractivity contribution in [3.63, 3.8) is 0 Å². The number of hydrogen-bond donors (Lipinski definition) is 1. The second kappa shape index (κ2) is 4.77. The lowest BCUT2D eigenvalue weighted by Gasteiger charge is -2.21. The van der Waals surface area contributed by atoms with Crippen molar-refractivity contribution in [1.82, 2.24) is 0 Å². The Bertz CT molecular complexity index is 560. The summed E-state index contributed by atoms with van der Waals surface area (Å²) in [5.41, 5.74) is 0.460. The minimum atomic E-state index is -1.11. The van der Waals surface area contributed by atoms with E-state index >= 15 is 0 Å². The van der Waals surface area contributed by atoms with Crippen LogP contribution in [0.5, 0.6) is 0 Å². The normalized spacial score (nSPS) is 24.7. The minimum Gasteiger partial charge on any atom is -0.478 e. The maximum atomic E-state index is 11.4. The number of aromatic carboxylic acids is 1. The Kier molecular flexibility index (Phi) is 3.08. The van der Waals surface area contributed by atoms with E-state index in [1.165, 1.54) is 25.3 Å². The van der Waals surface area contributed by atoms with Crippen LogP contribution in [-0.4, -0.2) is 29.1 Å². The Labute approximate surface area is 116 Å². The summed E-state index contributed by atoms with van der Waals surface area (Å²) in [5.74, 6) is 0.180. The van der Waals surface area contributed by atoms with Crippen molar-refractivity contribution in [2.45, 2.75) is 19.3 Å². The SMILES string of the molecule is O=C(O)c1cc([N+](=O)[O-])ccc1N1CC2CCCC2C1. The van der Waals surface area contributed by atoms with Crippen molar-refractivity contribution in [3.05, 3.63) is 33.9 Å². The number of anilines is 1. The van der Waals surface area contributed by atoms with Crippen molar-refractivity contribution in [3.8, 4) is 0 Å². The Morgan fingerprint density at radius 3 is 2.50 bits per heavy atom. The fraction of sp³-hybridized carbons (Fsp3) is 0.500. The third-order valence-electron chi connectivity index (χ3n) is 4.49. The zero-order chi connectivity index (χ0) is 14.3. The highest BCUT2D eigenvalue weighted by Gasteiger charge is 2.37. The average Bonchev–Trinajstić information content (AvgIpc) is 2.98. The molecule has 2 aliphatic rings. The van der Waals surface area contributed by atoms with Gasteiger partial charge in [-0.2, -0.15) is 0 Å². The summed E-state index contributed by atoms with van der Waals surface area (Å²) >= 11 is 0. The molecule has 6 heteroatoms. The Hall–Kier alpha value is -2.11. The van der Waals surface area contributed by atoms with Crippen molar-refractivity contribution in [2.24, 2.45) is 11.8 Å². The summed E-state index contributed by atoms with van der Waals surface area (Å²) in [7, 11) is 0. The predicted octanol–water partition coefficient (Wildman–Crippen LogP) is 2.53. The molecule has 0 aromatic heterocycles. The molecule has 1 aromatic rings. The van der Waals surface area contributed by atoms with Crippen molar-refractivity contribution < 1.29 is 14.8 Å². The maximum Gasteiger partial charge on any atom is 0.338 e. The van der Waals surface area contributed by atoms with E-state index in [4.69, 9.17) is 0 Å². The highest BCUT2D eigenvalue weighted by atomic mass is 16.6. The highest BCUT2D eigenvalue weighted by Crippen LogP contribution is 2.40. The van der Waals surface area contributed by atoms with Crippen LogP contribution in [0.3, 0.4) is 0 Å². The quantitative estimate of drug-likeness (QED) is 0.677. The van der Waals surface area contributed by atoms with E-state index in [-0.39, 0.29) is 11.3 Å². The Morgan fingerprint density at radius 2 is 1.95 bits per heavy atom. The molecule has 1 saturated heterocycles. The fourth-order valence-corrected chi connectivity index (χ4v) is 3.52. The molecule has 6 nitrogen and oxygen atoms in total. The first-order valence-electron chi connectivity index (χ1n) is 6.83. The van der Waals surface area contributed by atoms with Gasteiger partial charge in [0.15, 0.2) is 0 Å². The lowest BCUT2D eigenvalue weighted by Crippen LogP contribution is -2.23. The number of fused-ring (bicyclic) bond motifs is 1. The number of non-ortho nitro benzene ring substituents is 1. The summed E-state index contributed by atoms with van der Waals surface area (Å²) in [4.78, 5) is 23.6. The largest absolute Gasteiger partial charge is 0.478 e. The molecule has 3 rings (SSSR count). The number of carbonyl (C=O) groups is 1. The third kappa shape index (κ3) is 2.11. The molecule has 0 radical (unpaired) electrons. The molecule has 20 heavy (non-hydrogen) atoms. The number of hydrogen-bond acceptors (Lipinski definition) is 4. The number of carboxylic acid groups (broad SMARTS) is 1. The number of benzene rings is 1. The molecular weight excluding hydrogens is 260 g/mol. The van der Waals surface area contributed by atoms with Gasteiger partial charge in [-0.1, -0.05) is 6.42 Å². The average molecular weight is 276 g/mol. The number of nitro benzene ring substituents is 1. The molecule has 1 saturated carbocycles. The number of carboxylic acids is 1. The molecule has 0 spiro atoms. The van der Waals surface area contributed by atoms with Crippen LogP contribution >= 0.6 is 0 Å². The molecule has 0 amide bonds. The molecular formula is C14H16N2O4. The summed E-state index contributed by atoms with van der Waals surface area (Å²) in [6, 6.07) is 4.12. The van der Waals surface area contributed by atoms with Gasteiger partial charge in [-0.25, -0.2) is 4.79 Å². The molecule has 2 atom stereocenters. The molecule has 1 N–H and O–H groups in total. The van der Waals surface area contributed by atoms with Gasteiger partial charge in [0.1, 0.15) is 0 Å². The molecule has 106 valence electrons. The van der Waals surface area contributed by atoms with Crippen LogP contribution in [-0.2, 0) is 0 Å². The van der Waals surface area contributed by atoms with E-state index in [2.05, 4.69) is 4.90 Å². The van der Waals surface area contributed by atoms with Crippen molar-refractivity contribution >= 4 is 17.3 Å². The lowest BCUT2D eigenvalue weighted by molar-refractivity contribution is -0.384. The Balaban J connectivity index is 1.93. The smallest absolute Gasteiger partial charge is 0.338 e.